The van der Waals surface area contributed by atoms with E-state index in [1.165, 1.54) is 0 Å². The first kappa shape index (κ1) is 14.4. The average molecular weight is 273 g/mol. The highest BCUT2D eigenvalue weighted by Crippen LogP contribution is 2.36. The number of nitrogens with zero attached hydrogens (tertiary/aromatic N) is 2. The van der Waals surface area contributed by atoms with E-state index in [0.717, 1.165) is 11.3 Å². The minimum Gasteiger partial charge on any atom is -0.389 e. The average Bonchev–Trinajstić information content (AvgIpc) is 2.82. The van der Waals surface area contributed by atoms with Crippen LogP contribution in [0.25, 0.3) is 0 Å². The highest BCUT2D eigenvalue weighted by atomic mass is 16.3. The Morgan fingerprint density at radius 2 is 2.30 bits per heavy atom. The number of carbonyl (C=O) groups excluding carboxylic acids is 1. The summed E-state index contributed by atoms with van der Waals surface area (Å²) in [6.07, 6.45) is 0.0522. The van der Waals surface area contributed by atoms with Crippen LogP contribution in [0.2, 0.25) is 0 Å². The third kappa shape index (κ3) is 2.47. The second kappa shape index (κ2) is 5.14. The molecule has 0 radical (unpaired) electrons. The molecule has 1 aromatic rings. The van der Waals surface area contributed by atoms with Crippen LogP contribution in [0.3, 0.4) is 0 Å². The summed E-state index contributed by atoms with van der Waals surface area (Å²) in [5.41, 5.74) is 7.01. The molecule has 106 valence electrons. The van der Waals surface area contributed by atoms with Gasteiger partial charge in [-0.05, 0) is 32.4 Å². The number of nitrogens with two attached hydrogens (primary N) is 1. The lowest BCUT2D eigenvalue weighted by molar-refractivity contribution is -0.125. The summed E-state index contributed by atoms with van der Waals surface area (Å²) >= 11 is 0. The fourth-order valence-electron chi connectivity index (χ4n) is 2.61. The molecule has 2 atom stereocenters. The Morgan fingerprint density at radius 1 is 1.60 bits per heavy atom. The van der Waals surface area contributed by atoms with Crippen molar-refractivity contribution in [3.63, 3.8) is 0 Å². The van der Waals surface area contributed by atoms with Crippen molar-refractivity contribution in [1.82, 2.24) is 0 Å². The molecule has 0 aromatic heterocycles. The molecule has 0 saturated carbocycles. The zero-order valence-electron chi connectivity index (χ0n) is 11.8. The molecule has 2 rings (SSSR count). The number of hydrogen-bond donors (Lipinski definition) is 2. The van der Waals surface area contributed by atoms with Gasteiger partial charge >= 0.3 is 0 Å². The first-order valence-corrected chi connectivity index (χ1v) is 6.64. The second-order valence-electron chi connectivity index (χ2n) is 5.66. The van der Waals surface area contributed by atoms with Crippen LogP contribution in [0.15, 0.2) is 18.2 Å². The number of amides is 1. The fraction of sp³-hybridized carbons (Fsp3) is 0.467. The van der Waals surface area contributed by atoms with Crippen LogP contribution in [0.1, 0.15) is 37.5 Å². The number of carbonyl (C=O) groups is 1. The van der Waals surface area contributed by atoms with E-state index in [1.807, 2.05) is 11.8 Å². The Morgan fingerprint density at radius 3 is 2.80 bits per heavy atom. The first-order chi connectivity index (χ1) is 9.37. The summed E-state index contributed by atoms with van der Waals surface area (Å²) in [7, 11) is 0. The van der Waals surface area contributed by atoms with Crippen molar-refractivity contribution in [2.45, 2.75) is 26.4 Å². The van der Waals surface area contributed by atoms with Gasteiger partial charge in [-0.2, -0.15) is 5.26 Å². The zero-order valence-corrected chi connectivity index (χ0v) is 11.8. The van der Waals surface area contributed by atoms with Crippen LogP contribution in [0.5, 0.6) is 0 Å². The van der Waals surface area contributed by atoms with Gasteiger partial charge in [0.1, 0.15) is 0 Å². The van der Waals surface area contributed by atoms with Gasteiger partial charge < -0.3 is 15.7 Å². The molecular weight excluding hydrogens is 254 g/mol. The van der Waals surface area contributed by atoms with Crippen LogP contribution in [0.4, 0.5) is 5.69 Å². The highest BCUT2D eigenvalue weighted by Gasteiger charge is 2.39. The number of nitriles is 1. The maximum Gasteiger partial charge on any atom is 0.225 e. The standard InChI is InChI=1S/C15H19N3O2/c1-10(19)12-4-3-11(8-16)7-13(12)18-6-5-15(2,9-18)14(17)20/h3-4,7,10,19H,5-6,9H2,1-2H3,(H2,17,20)/t10-,15?/m0/s1. The molecular formula is C15H19N3O2. The topological polar surface area (TPSA) is 90.3 Å². The van der Waals surface area contributed by atoms with Gasteiger partial charge in [-0.3, -0.25) is 4.79 Å². The van der Waals surface area contributed by atoms with Crippen LogP contribution in [-0.4, -0.2) is 24.1 Å². The summed E-state index contributed by atoms with van der Waals surface area (Å²) < 4.78 is 0. The first-order valence-electron chi connectivity index (χ1n) is 6.64. The van der Waals surface area contributed by atoms with Crippen molar-refractivity contribution in [2.24, 2.45) is 11.1 Å². The molecule has 20 heavy (non-hydrogen) atoms. The third-order valence-corrected chi connectivity index (χ3v) is 4.02. The fourth-order valence-corrected chi connectivity index (χ4v) is 2.61. The summed E-state index contributed by atoms with van der Waals surface area (Å²) in [6, 6.07) is 7.31. The maximum atomic E-state index is 11.5. The van der Waals surface area contributed by atoms with E-state index < -0.39 is 11.5 Å². The van der Waals surface area contributed by atoms with Gasteiger partial charge in [0, 0.05) is 24.3 Å². The predicted octanol–water partition coefficient (Wildman–Crippen LogP) is 1.31. The number of hydrogen-bond acceptors (Lipinski definition) is 4. The van der Waals surface area contributed by atoms with E-state index >= 15 is 0 Å². The van der Waals surface area contributed by atoms with Crippen LogP contribution < -0.4 is 10.6 Å². The van der Waals surface area contributed by atoms with Gasteiger partial charge in [-0.1, -0.05) is 6.07 Å². The van der Waals surface area contributed by atoms with Crippen molar-refractivity contribution in [2.75, 3.05) is 18.0 Å². The molecule has 1 amide bonds. The molecule has 0 aliphatic carbocycles. The van der Waals surface area contributed by atoms with Crippen LogP contribution in [0, 0.1) is 16.7 Å². The minimum atomic E-state index is -0.627. The molecule has 0 bridgehead atoms. The smallest absolute Gasteiger partial charge is 0.225 e. The minimum absolute atomic E-state index is 0.310. The molecule has 1 aliphatic rings. The molecule has 1 heterocycles. The quantitative estimate of drug-likeness (QED) is 0.868. The van der Waals surface area contributed by atoms with Crippen LogP contribution >= 0.6 is 0 Å². The number of aliphatic hydroxyl groups excluding tert-OH is 1. The molecule has 5 nitrogen and oxygen atoms in total. The summed E-state index contributed by atoms with van der Waals surface area (Å²) in [6.45, 7) is 4.74. The lowest BCUT2D eigenvalue weighted by Crippen LogP contribution is -2.37. The van der Waals surface area contributed by atoms with Crippen molar-refractivity contribution < 1.29 is 9.90 Å². The molecule has 1 saturated heterocycles. The second-order valence-corrected chi connectivity index (χ2v) is 5.66. The van der Waals surface area contributed by atoms with Gasteiger partial charge in [-0.15, -0.1) is 0 Å². The Labute approximate surface area is 118 Å². The Hall–Kier alpha value is -2.06. The highest BCUT2D eigenvalue weighted by molar-refractivity contribution is 5.82. The van der Waals surface area contributed by atoms with Gasteiger partial charge in [-0.25, -0.2) is 0 Å². The van der Waals surface area contributed by atoms with Gasteiger partial charge in [0.2, 0.25) is 5.91 Å². The van der Waals surface area contributed by atoms with Crippen molar-refractivity contribution >= 4 is 11.6 Å². The molecule has 0 spiro atoms. The number of primary amides is 1. The van der Waals surface area contributed by atoms with E-state index in [4.69, 9.17) is 11.0 Å². The maximum absolute atomic E-state index is 11.5. The lowest BCUT2D eigenvalue weighted by atomic mass is 9.89. The number of rotatable bonds is 3. The molecule has 1 aromatic carbocycles. The van der Waals surface area contributed by atoms with Gasteiger partial charge in [0.25, 0.3) is 0 Å². The molecule has 1 fully saturated rings. The van der Waals surface area contributed by atoms with Gasteiger partial charge in [0.15, 0.2) is 0 Å². The summed E-state index contributed by atoms with van der Waals surface area (Å²) in [4.78, 5) is 13.6. The Bertz CT molecular complexity index is 577. The Kier molecular flexibility index (Phi) is 3.69. The molecule has 5 heteroatoms. The Balaban J connectivity index is 2.38. The monoisotopic (exact) mass is 273 g/mol. The summed E-state index contributed by atoms with van der Waals surface area (Å²) in [5.74, 6) is -0.310. The number of aliphatic hydroxyl groups is 1. The number of benzene rings is 1. The lowest BCUT2D eigenvalue weighted by Gasteiger charge is -2.25. The van der Waals surface area contributed by atoms with E-state index in [9.17, 15) is 9.90 Å². The third-order valence-electron chi connectivity index (χ3n) is 4.02. The van der Waals surface area contributed by atoms with Crippen molar-refractivity contribution in [3.05, 3.63) is 29.3 Å². The van der Waals surface area contributed by atoms with Crippen molar-refractivity contribution in [1.29, 1.82) is 5.26 Å². The van der Waals surface area contributed by atoms with Crippen LogP contribution in [-0.2, 0) is 4.79 Å². The van der Waals surface area contributed by atoms with Gasteiger partial charge in [0.05, 0.1) is 23.2 Å². The largest absolute Gasteiger partial charge is 0.389 e. The molecule has 3 N–H and O–H groups in total. The normalized spacial score (nSPS) is 23.4. The van der Waals surface area contributed by atoms with E-state index in [1.54, 1.807) is 25.1 Å². The predicted molar refractivity (Wildman–Crippen MR) is 75.9 cm³/mol. The summed E-state index contributed by atoms with van der Waals surface area (Å²) in [5, 5.41) is 18.9. The molecule has 1 aliphatic heterocycles. The number of anilines is 1. The van der Waals surface area contributed by atoms with E-state index in [-0.39, 0.29) is 5.91 Å². The SMILES string of the molecule is C[C@H](O)c1ccc(C#N)cc1N1CCC(C)(C(N)=O)C1. The van der Waals surface area contributed by atoms with E-state index in [0.29, 0.717) is 25.1 Å². The molecule has 1 unspecified atom stereocenters. The zero-order chi connectivity index (χ0) is 14.9. The van der Waals surface area contributed by atoms with Crippen molar-refractivity contribution in [3.8, 4) is 6.07 Å². The van der Waals surface area contributed by atoms with E-state index in [2.05, 4.69) is 6.07 Å².